The van der Waals surface area contributed by atoms with Crippen LogP contribution in [0.15, 0.2) is 23.1 Å². The molecule has 6 heteroatoms. The van der Waals surface area contributed by atoms with Crippen molar-refractivity contribution in [2.24, 2.45) is 0 Å². The number of pyridine rings is 1. The van der Waals surface area contributed by atoms with E-state index in [2.05, 4.69) is 14.9 Å². The second-order valence-electron chi connectivity index (χ2n) is 3.47. The summed E-state index contributed by atoms with van der Waals surface area (Å²) in [6.45, 7) is 2.35. The van der Waals surface area contributed by atoms with Crippen LogP contribution in [0.4, 0.5) is 5.00 Å². The quantitative estimate of drug-likeness (QED) is 0.867. The van der Waals surface area contributed by atoms with Crippen molar-refractivity contribution in [1.82, 2.24) is 14.2 Å². The van der Waals surface area contributed by atoms with Crippen molar-refractivity contribution in [3.8, 4) is 0 Å². The van der Waals surface area contributed by atoms with Crippen molar-refractivity contribution in [1.29, 1.82) is 0 Å². The van der Waals surface area contributed by atoms with Gasteiger partial charge in [-0.2, -0.15) is 0 Å². The standard InChI is InChI=1S/C10H12N4OS/c1-7-3-4-14(9(15)5-7)6-8-10(11-2)16-13-12-8/h3-5,11H,6H2,1-2H3. The third-order valence-electron chi connectivity index (χ3n) is 2.25. The molecule has 2 aromatic heterocycles. The molecule has 0 aliphatic heterocycles. The van der Waals surface area contributed by atoms with Gasteiger partial charge in [-0.3, -0.25) is 4.79 Å². The fraction of sp³-hybridized carbons (Fsp3) is 0.300. The van der Waals surface area contributed by atoms with Crippen LogP contribution in [0.1, 0.15) is 11.3 Å². The van der Waals surface area contributed by atoms with Crippen LogP contribution in [-0.2, 0) is 6.54 Å². The molecule has 2 rings (SSSR count). The predicted molar refractivity (Wildman–Crippen MR) is 64.0 cm³/mol. The van der Waals surface area contributed by atoms with Gasteiger partial charge in [0, 0.05) is 30.8 Å². The third kappa shape index (κ3) is 2.11. The van der Waals surface area contributed by atoms with Crippen molar-refractivity contribution < 1.29 is 0 Å². The number of anilines is 1. The molecule has 0 bridgehead atoms. The van der Waals surface area contributed by atoms with E-state index < -0.39 is 0 Å². The molecule has 16 heavy (non-hydrogen) atoms. The van der Waals surface area contributed by atoms with Crippen LogP contribution in [0.2, 0.25) is 0 Å². The van der Waals surface area contributed by atoms with Crippen LogP contribution in [0.5, 0.6) is 0 Å². The zero-order chi connectivity index (χ0) is 11.5. The number of aromatic nitrogens is 3. The van der Waals surface area contributed by atoms with E-state index in [0.717, 1.165) is 16.3 Å². The first-order chi connectivity index (χ1) is 7.70. The van der Waals surface area contributed by atoms with Gasteiger partial charge in [-0.05, 0) is 18.6 Å². The first kappa shape index (κ1) is 10.8. The molecule has 0 radical (unpaired) electrons. The lowest BCUT2D eigenvalue weighted by Gasteiger charge is -2.04. The number of nitrogens with zero attached hydrogens (tertiary/aromatic N) is 3. The van der Waals surface area contributed by atoms with Gasteiger partial charge in [0.1, 0.15) is 10.7 Å². The number of hydrogen-bond donors (Lipinski definition) is 1. The first-order valence-corrected chi connectivity index (χ1v) is 5.64. The summed E-state index contributed by atoms with van der Waals surface area (Å²) in [5.41, 5.74) is 1.74. The smallest absolute Gasteiger partial charge is 0.251 e. The van der Waals surface area contributed by atoms with E-state index in [9.17, 15) is 4.79 Å². The van der Waals surface area contributed by atoms with Gasteiger partial charge in [-0.25, -0.2) is 0 Å². The molecule has 0 spiro atoms. The summed E-state index contributed by atoms with van der Waals surface area (Å²) in [5, 5.41) is 7.89. The number of nitrogens with one attached hydrogen (secondary N) is 1. The Bertz CT molecular complexity index is 546. The lowest BCUT2D eigenvalue weighted by atomic mass is 10.3. The minimum absolute atomic E-state index is 0.0185. The van der Waals surface area contributed by atoms with E-state index >= 15 is 0 Å². The maximum atomic E-state index is 11.7. The highest BCUT2D eigenvalue weighted by Gasteiger charge is 2.07. The molecule has 0 aliphatic rings. The van der Waals surface area contributed by atoms with Gasteiger partial charge in [0.05, 0.1) is 6.54 Å². The first-order valence-electron chi connectivity index (χ1n) is 4.87. The Hall–Kier alpha value is -1.69. The van der Waals surface area contributed by atoms with Crippen LogP contribution in [-0.4, -0.2) is 21.2 Å². The highest BCUT2D eigenvalue weighted by atomic mass is 32.1. The molecular formula is C10H12N4OS. The second-order valence-corrected chi connectivity index (χ2v) is 4.22. The normalized spacial score (nSPS) is 10.4. The Kier molecular flexibility index (Phi) is 3.00. The highest BCUT2D eigenvalue weighted by molar-refractivity contribution is 7.10. The Balaban J connectivity index is 2.31. The van der Waals surface area contributed by atoms with Crippen LogP contribution >= 0.6 is 11.5 Å². The van der Waals surface area contributed by atoms with Crippen molar-refractivity contribution in [2.75, 3.05) is 12.4 Å². The maximum absolute atomic E-state index is 11.7. The van der Waals surface area contributed by atoms with Crippen LogP contribution in [0.3, 0.4) is 0 Å². The SMILES string of the molecule is CNc1snnc1Cn1ccc(C)cc1=O. The monoisotopic (exact) mass is 236 g/mol. The average molecular weight is 236 g/mol. The average Bonchev–Trinajstić information content (AvgIpc) is 2.69. The Morgan fingerprint density at radius 3 is 3.06 bits per heavy atom. The molecule has 0 saturated heterocycles. The van der Waals surface area contributed by atoms with Crippen molar-refractivity contribution in [3.05, 3.63) is 39.9 Å². The number of hydrogen-bond acceptors (Lipinski definition) is 5. The molecule has 84 valence electrons. The molecule has 2 heterocycles. The van der Waals surface area contributed by atoms with Crippen molar-refractivity contribution in [3.63, 3.8) is 0 Å². The van der Waals surface area contributed by atoms with Gasteiger partial charge in [-0.1, -0.05) is 4.49 Å². The summed E-state index contributed by atoms with van der Waals surface area (Å²) in [7, 11) is 1.82. The minimum Gasteiger partial charge on any atom is -0.377 e. The van der Waals surface area contributed by atoms with Gasteiger partial charge in [0.25, 0.3) is 5.56 Å². The summed E-state index contributed by atoms with van der Waals surface area (Å²) in [6.07, 6.45) is 1.77. The van der Waals surface area contributed by atoms with E-state index in [1.165, 1.54) is 11.5 Å². The summed E-state index contributed by atoms with van der Waals surface area (Å²) < 4.78 is 5.47. The predicted octanol–water partition coefficient (Wildman–Crippen LogP) is 1.10. The molecule has 0 unspecified atom stereocenters. The Morgan fingerprint density at radius 2 is 2.38 bits per heavy atom. The third-order valence-corrected chi connectivity index (χ3v) is 3.04. The van der Waals surface area contributed by atoms with Gasteiger partial charge in [0.15, 0.2) is 0 Å². The highest BCUT2D eigenvalue weighted by Crippen LogP contribution is 2.16. The zero-order valence-electron chi connectivity index (χ0n) is 9.10. The van der Waals surface area contributed by atoms with E-state index in [-0.39, 0.29) is 5.56 Å². The molecule has 0 aromatic carbocycles. The minimum atomic E-state index is -0.0185. The topological polar surface area (TPSA) is 59.8 Å². The lowest BCUT2D eigenvalue weighted by molar-refractivity contribution is 0.734. The van der Waals surface area contributed by atoms with E-state index in [4.69, 9.17) is 0 Å². The molecule has 0 atom stereocenters. The molecule has 1 N–H and O–H groups in total. The fourth-order valence-electron chi connectivity index (χ4n) is 1.40. The Labute approximate surface area is 96.9 Å². The number of aryl methyl sites for hydroxylation is 1. The van der Waals surface area contributed by atoms with Gasteiger partial charge in [0.2, 0.25) is 0 Å². The van der Waals surface area contributed by atoms with Gasteiger partial charge < -0.3 is 9.88 Å². The molecule has 2 aromatic rings. The number of rotatable bonds is 3. The van der Waals surface area contributed by atoms with Crippen molar-refractivity contribution in [2.45, 2.75) is 13.5 Å². The summed E-state index contributed by atoms with van der Waals surface area (Å²) in [5.74, 6) is 0. The largest absolute Gasteiger partial charge is 0.377 e. The molecule has 0 aliphatic carbocycles. The van der Waals surface area contributed by atoms with E-state index in [1.807, 2.05) is 20.0 Å². The molecule has 0 saturated carbocycles. The zero-order valence-corrected chi connectivity index (χ0v) is 9.91. The summed E-state index contributed by atoms with van der Waals surface area (Å²) in [4.78, 5) is 11.7. The van der Waals surface area contributed by atoms with Gasteiger partial charge >= 0.3 is 0 Å². The maximum Gasteiger partial charge on any atom is 0.251 e. The van der Waals surface area contributed by atoms with Crippen LogP contribution in [0, 0.1) is 6.92 Å². The fourth-order valence-corrected chi connectivity index (χ4v) is 1.92. The second kappa shape index (κ2) is 4.44. The molecule has 0 fully saturated rings. The lowest BCUT2D eigenvalue weighted by Crippen LogP contribution is -2.19. The van der Waals surface area contributed by atoms with Crippen molar-refractivity contribution >= 4 is 16.5 Å². The van der Waals surface area contributed by atoms with Gasteiger partial charge in [-0.15, -0.1) is 5.10 Å². The molecule has 0 amide bonds. The van der Waals surface area contributed by atoms with E-state index in [1.54, 1.807) is 16.8 Å². The summed E-state index contributed by atoms with van der Waals surface area (Å²) in [6, 6.07) is 3.51. The van der Waals surface area contributed by atoms with E-state index in [0.29, 0.717) is 6.54 Å². The molecule has 5 nitrogen and oxygen atoms in total. The molecular weight excluding hydrogens is 224 g/mol. The van der Waals surface area contributed by atoms with Crippen LogP contribution in [0.25, 0.3) is 0 Å². The van der Waals surface area contributed by atoms with Crippen LogP contribution < -0.4 is 10.9 Å². The summed E-state index contributed by atoms with van der Waals surface area (Å²) >= 11 is 1.29. The Morgan fingerprint density at radius 1 is 1.56 bits per heavy atom.